The highest BCUT2D eigenvalue weighted by Crippen LogP contribution is 2.34. The molecule has 0 aromatic carbocycles. The van der Waals surface area contributed by atoms with E-state index < -0.39 is 0 Å². The third-order valence-electron chi connectivity index (χ3n) is 3.53. The first-order valence-electron chi connectivity index (χ1n) is 5.89. The van der Waals surface area contributed by atoms with Gasteiger partial charge in [-0.05, 0) is 43.6 Å². The minimum atomic E-state index is 0.253. The van der Waals surface area contributed by atoms with Gasteiger partial charge in [0.15, 0.2) is 10.4 Å². The molecule has 0 radical (unpaired) electrons. The molecule has 0 amide bonds. The molecule has 90 valence electrons. The Morgan fingerprint density at radius 2 is 2.41 bits per heavy atom. The van der Waals surface area contributed by atoms with E-state index in [0.29, 0.717) is 6.04 Å². The second kappa shape index (κ2) is 4.23. The zero-order valence-electron chi connectivity index (χ0n) is 9.72. The Morgan fingerprint density at radius 1 is 1.53 bits per heavy atom. The lowest BCUT2D eigenvalue weighted by atomic mass is 10.2. The van der Waals surface area contributed by atoms with Gasteiger partial charge in [0.05, 0.1) is 17.7 Å². The van der Waals surface area contributed by atoms with Crippen LogP contribution in [0.4, 0.5) is 0 Å². The van der Waals surface area contributed by atoms with Crippen molar-refractivity contribution in [2.24, 2.45) is 0 Å². The summed E-state index contributed by atoms with van der Waals surface area (Å²) >= 11 is 5.40. The van der Waals surface area contributed by atoms with Gasteiger partial charge in [0, 0.05) is 13.3 Å². The fraction of sp³-hybridized carbons (Fsp3) is 0.500. The molecular formula is C12H15N3OS. The van der Waals surface area contributed by atoms with Gasteiger partial charge in [-0.25, -0.2) is 4.98 Å². The van der Waals surface area contributed by atoms with E-state index in [9.17, 15) is 0 Å². The molecule has 2 aromatic heterocycles. The van der Waals surface area contributed by atoms with Crippen LogP contribution in [0.2, 0.25) is 0 Å². The van der Waals surface area contributed by atoms with E-state index in [1.807, 2.05) is 12.1 Å². The predicted molar refractivity (Wildman–Crippen MR) is 68.6 cm³/mol. The van der Waals surface area contributed by atoms with Crippen LogP contribution in [0.1, 0.15) is 25.3 Å². The molecule has 3 rings (SSSR count). The number of methoxy groups -OCH3 is 1. The van der Waals surface area contributed by atoms with Crippen LogP contribution < -0.4 is 0 Å². The van der Waals surface area contributed by atoms with Crippen LogP contribution in [0.5, 0.6) is 0 Å². The maximum atomic E-state index is 5.54. The number of hydrogen-bond acceptors (Lipinski definition) is 3. The van der Waals surface area contributed by atoms with Gasteiger partial charge >= 0.3 is 0 Å². The van der Waals surface area contributed by atoms with Gasteiger partial charge < -0.3 is 9.72 Å². The summed E-state index contributed by atoms with van der Waals surface area (Å²) in [5.41, 5.74) is 1.94. The van der Waals surface area contributed by atoms with Gasteiger partial charge in [0.2, 0.25) is 0 Å². The molecule has 0 spiro atoms. The van der Waals surface area contributed by atoms with Crippen LogP contribution in [0.25, 0.3) is 11.2 Å². The summed E-state index contributed by atoms with van der Waals surface area (Å²) in [6.07, 6.45) is 5.45. The average molecular weight is 249 g/mol. The number of nitrogens with one attached hydrogen (secondary N) is 1. The average Bonchev–Trinajstić information content (AvgIpc) is 2.90. The molecule has 1 fully saturated rings. The molecule has 1 saturated carbocycles. The highest BCUT2D eigenvalue weighted by Gasteiger charge is 2.30. The van der Waals surface area contributed by atoms with Crippen LogP contribution in [0.3, 0.4) is 0 Å². The number of fused-ring (bicyclic) bond motifs is 1. The zero-order chi connectivity index (χ0) is 11.8. The van der Waals surface area contributed by atoms with Crippen molar-refractivity contribution >= 4 is 23.4 Å². The lowest BCUT2D eigenvalue weighted by Crippen LogP contribution is -2.20. The number of aromatic amines is 1. The fourth-order valence-corrected chi connectivity index (χ4v) is 3.07. The zero-order valence-corrected chi connectivity index (χ0v) is 10.5. The van der Waals surface area contributed by atoms with Gasteiger partial charge in [-0.15, -0.1) is 0 Å². The smallest absolute Gasteiger partial charge is 0.179 e. The van der Waals surface area contributed by atoms with Crippen molar-refractivity contribution in [2.45, 2.75) is 31.4 Å². The second-order valence-electron chi connectivity index (χ2n) is 4.45. The molecule has 2 aromatic rings. The van der Waals surface area contributed by atoms with Crippen molar-refractivity contribution in [3.63, 3.8) is 0 Å². The first-order chi connectivity index (χ1) is 8.31. The summed E-state index contributed by atoms with van der Waals surface area (Å²) in [6, 6.07) is 4.24. The van der Waals surface area contributed by atoms with Crippen LogP contribution >= 0.6 is 12.2 Å². The first kappa shape index (κ1) is 10.9. The molecule has 2 heterocycles. The molecular weight excluding hydrogens is 234 g/mol. The van der Waals surface area contributed by atoms with E-state index in [2.05, 4.69) is 14.5 Å². The monoisotopic (exact) mass is 249 g/mol. The quantitative estimate of drug-likeness (QED) is 0.832. The first-order valence-corrected chi connectivity index (χ1v) is 6.30. The minimum Gasteiger partial charge on any atom is -0.379 e. The Bertz CT molecular complexity index is 589. The fourth-order valence-electron chi connectivity index (χ4n) is 2.74. The van der Waals surface area contributed by atoms with Gasteiger partial charge in [0.25, 0.3) is 0 Å². The van der Waals surface area contributed by atoms with Crippen LogP contribution in [0, 0.1) is 4.77 Å². The van der Waals surface area contributed by atoms with E-state index >= 15 is 0 Å². The van der Waals surface area contributed by atoms with Crippen molar-refractivity contribution in [3.05, 3.63) is 23.1 Å². The number of H-pyrrole nitrogens is 1. The molecule has 1 aliphatic carbocycles. The SMILES string of the molecule is COC1CCCC1n1c(=S)[nH]c2cccnc21. The van der Waals surface area contributed by atoms with Gasteiger partial charge in [-0.1, -0.05) is 0 Å². The number of pyridine rings is 1. The minimum absolute atomic E-state index is 0.253. The summed E-state index contributed by atoms with van der Waals surface area (Å²) in [6.45, 7) is 0. The lowest BCUT2D eigenvalue weighted by molar-refractivity contribution is 0.0756. The highest BCUT2D eigenvalue weighted by molar-refractivity contribution is 7.71. The molecule has 0 aliphatic heterocycles. The van der Waals surface area contributed by atoms with E-state index in [0.717, 1.165) is 28.8 Å². The number of rotatable bonds is 2. The summed E-state index contributed by atoms with van der Waals surface area (Å²) in [5.74, 6) is 0. The third kappa shape index (κ3) is 1.70. The normalized spacial score (nSPS) is 24.5. The number of nitrogens with zero attached hydrogens (tertiary/aromatic N) is 2. The van der Waals surface area contributed by atoms with Crippen LogP contribution in [-0.2, 0) is 4.74 Å². The molecule has 4 nitrogen and oxygen atoms in total. The van der Waals surface area contributed by atoms with E-state index in [-0.39, 0.29) is 6.10 Å². The highest BCUT2D eigenvalue weighted by atomic mass is 32.1. The van der Waals surface area contributed by atoms with Gasteiger partial charge in [0.1, 0.15) is 0 Å². The summed E-state index contributed by atoms with van der Waals surface area (Å²) in [5, 5.41) is 0. The van der Waals surface area contributed by atoms with Gasteiger partial charge in [-0.3, -0.25) is 4.57 Å². The number of ether oxygens (including phenoxy) is 1. The molecule has 5 heteroatoms. The van der Waals surface area contributed by atoms with Crippen LogP contribution in [0.15, 0.2) is 18.3 Å². The van der Waals surface area contributed by atoms with Crippen molar-refractivity contribution in [1.29, 1.82) is 0 Å². The molecule has 0 bridgehead atoms. The van der Waals surface area contributed by atoms with Crippen molar-refractivity contribution in [1.82, 2.24) is 14.5 Å². The van der Waals surface area contributed by atoms with E-state index in [4.69, 9.17) is 17.0 Å². The van der Waals surface area contributed by atoms with Crippen molar-refractivity contribution in [3.8, 4) is 0 Å². The maximum Gasteiger partial charge on any atom is 0.179 e. The Balaban J connectivity index is 2.16. The maximum absolute atomic E-state index is 5.54. The topological polar surface area (TPSA) is 42.8 Å². The second-order valence-corrected chi connectivity index (χ2v) is 4.83. The molecule has 0 saturated heterocycles. The Hall–Kier alpha value is -1.20. The van der Waals surface area contributed by atoms with Crippen molar-refractivity contribution < 1.29 is 4.74 Å². The Kier molecular flexibility index (Phi) is 2.72. The molecule has 2 atom stereocenters. The Labute approximate surface area is 105 Å². The van der Waals surface area contributed by atoms with E-state index in [1.165, 1.54) is 6.42 Å². The molecule has 2 unspecified atom stereocenters. The molecule has 1 N–H and O–H groups in total. The molecule has 1 aliphatic rings. The predicted octanol–water partition coefficient (Wildman–Crippen LogP) is 2.83. The largest absolute Gasteiger partial charge is 0.379 e. The number of hydrogen-bond donors (Lipinski definition) is 1. The van der Waals surface area contributed by atoms with Gasteiger partial charge in [-0.2, -0.15) is 0 Å². The van der Waals surface area contributed by atoms with Crippen molar-refractivity contribution in [2.75, 3.05) is 7.11 Å². The van der Waals surface area contributed by atoms with E-state index in [1.54, 1.807) is 13.3 Å². The third-order valence-corrected chi connectivity index (χ3v) is 3.83. The van der Waals surface area contributed by atoms with Crippen LogP contribution in [-0.4, -0.2) is 27.7 Å². The number of aromatic nitrogens is 3. The Morgan fingerprint density at radius 3 is 3.24 bits per heavy atom. The lowest BCUT2D eigenvalue weighted by Gasteiger charge is -2.19. The molecule has 17 heavy (non-hydrogen) atoms. The standard InChI is InChI=1S/C12H15N3OS/c1-16-10-6-2-5-9(10)15-11-8(14-12(15)17)4-3-7-13-11/h3-4,7,9-10H,2,5-6H2,1H3,(H,14,17). The summed E-state index contributed by atoms with van der Waals surface area (Å²) in [7, 11) is 1.77. The number of imidazole rings is 1. The summed E-state index contributed by atoms with van der Waals surface area (Å²) in [4.78, 5) is 7.63. The summed E-state index contributed by atoms with van der Waals surface area (Å²) < 4.78 is 8.40.